The van der Waals surface area contributed by atoms with Crippen LogP contribution >= 0.6 is 24.8 Å². The van der Waals surface area contributed by atoms with Gasteiger partial charge in [0.1, 0.15) is 11.9 Å². The van der Waals surface area contributed by atoms with Crippen LogP contribution in [-0.2, 0) is 9.53 Å². The Kier molecular flexibility index (Phi) is 9.13. The quantitative estimate of drug-likeness (QED) is 0.800. The predicted molar refractivity (Wildman–Crippen MR) is 91.9 cm³/mol. The first-order chi connectivity index (χ1) is 10.5. The molecule has 10 heteroatoms. The molecule has 0 spiro atoms. The summed E-state index contributed by atoms with van der Waals surface area (Å²) >= 11 is 0. The molecule has 0 saturated heterocycles. The van der Waals surface area contributed by atoms with Gasteiger partial charge in [0.2, 0.25) is 5.91 Å². The summed E-state index contributed by atoms with van der Waals surface area (Å²) in [6, 6.07) is 5.00. The number of alkyl halides is 2. The lowest BCUT2D eigenvalue weighted by Crippen LogP contribution is -2.44. The molecular formula is C14H20Cl2F2N4O2. The lowest BCUT2D eigenvalue weighted by molar-refractivity contribution is -0.124. The standard InChI is InChI=1S/C14H18F2N4O2.2ClH/c1-8(18-13(21)9(17)7-22-2)12-19-10-5-3-4-6-11(10)20(12)14(15)16;;/h3-6,8-9,14H,7,17H2,1-2H3,(H,18,21);2*1H. The molecule has 24 heavy (non-hydrogen) atoms. The largest absolute Gasteiger partial charge is 0.383 e. The van der Waals surface area contributed by atoms with Gasteiger partial charge >= 0.3 is 6.55 Å². The summed E-state index contributed by atoms with van der Waals surface area (Å²) < 4.78 is 32.3. The Morgan fingerprint density at radius 2 is 2.00 bits per heavy atom. The van der Waals surface area contributed by atoms with Crippen molar-refractivity contribution in [1.29, 1.82) is 0 Å². The average Bonchev–Trinajstić information content (AvgIpc) is 2.87. The minimum absolute atomic E-state index is 0. The Balaban J connectivity index is 0.00000264. The third kappa shape index (κ3) is 4.76. The molecule has 2 unspecified atom stereocenters. The second-order valence-corrected chi connectivity index (χ2v) is 4.90. The van der Waals surface area contributed by atoms with Crippen molar-refractivity contribution < 1.29 is 18.3 Å². The first kappa shape index (κ1) is 22.5. The molecule has 0 aliphatic rings. The molecule has 0 saturated carbocycles. The second kappa shape index (κ2) is 9.73. The maximum atomic E-state index is 13.3. The van der Waals surface area contributed by atoms with Gasteiger partial charge in [-0.3, -0.25) is 9.36 Å². The van der Waals surface area contributed by atoms with E-state index < -0.39 is 24.5 Å². The normalized spacial score (nSPS) is 13.1. The van der Waals surface area contributed by atoms with Crippen LogP contribution in [0.15, 0.2) is 24.3 Å². The summed E-state index contributed by atoms with van der Waals surface area (Å²) in [6.07, 6.45) is 0. The number of hydrogen-bond donors (Lipinski definition) is 2. The zero-order valence-electron chi connectivity index (χ0n) is 13.1. The molecule has 1 amide bonds. The Hall–Kier alpha value is -1.48. The van der Waals surface area contributed by atoms with Gasteiger partial charge in [0.15, 0.2) is 0 Å². The predicted octanol–water partition coefficient (Wildman–Crippen LogP) is 2.43. The zero-order chi connectivity index (χ0) is 16.3. The number of hydrogen-bond acceptors (Lipinski definition) is 4. The third-order valence-corrected chi connectivity index (χ3v) is 3.25. The number of nitrogens with two attached hydrogens (primary N) is 1. The van der Waals surface area contributed by atoms with Gasteiger partial charge in [0, 0.05) is 7.11 Å². The van der Waals surface area contributed by atoms with Crippen LogP contribution < -0.4 is 11.1 Å². The van der Waals surface area contributed by atoms with Crippen molar-refractivity contribution in [2.24, 2.45) is 5.73 Å². The van der Waals surface area contributed by atoms with Crippen LogP contribution in [0.4, 0.5) is 8.78 Å². The van der Waals surface area contributed by atoms with Gasteiger partial charge in [0.05, 0.1) is 23.7 Å². The smallest absolute Gasteiger partial charge is 0.320 e. The highest BCUT2D eigenvalue weighted by atomic mass is 35.5. The number of amides is 1. The first-order valence-corrected chi connectivity index (χ1v) is 6.75. The molecule has 0 radical (unpaired) electrons. The number of nitrogens with one attached hydrogen (secondary N) is 1. The van der Waals surface area contributed by atoms with Crippen LogP contribution in [0.5, 0.6) is 0 Å². The fraction of sp³-hybridized carbons (Fsp3) is 0.429. The highest BCUT2D eigenvalue weighted by Gasteiger charge is 2.24. The number of carbonyl (C=O) groups excluding carboxylic acids is 1. The molecule has 6 nitrogen and oxygen atoms in total. The summed E-state index contributed by atoms with van der Waals surface area (Å²) in [4.78, 5) is 16.1. The van der Waals surface area contributed by atoms with Crippen LogP contribution in [0.1, 0.15) is 25.3 Å². The number of aromatic nitrogens is 2. The van der Waals surface area contributed by atoms with Crippen molar-refractivity contribution in [3.63, 3.8) is 0 Å². The molecule has 2 aromatic rings. The molecular weight excluding hydrogens is 365 g/mol. The van der Waals surface area contributed by atoms with Gasteiger partial charge in [-0.2, -0.15) is 8.78 Å². The lowest BCUT2D eigenvalue weighted by Gasteiger charge is -2.18. The van der Waals surface area contributed by atoms with E-state index in [1.54, 1.807) is 31.2 Å². The molecule has 1 aromatic heterocycles. The lowest BCUT2D eigenvalue weighted by atomic mass is 10.2. The number of fused-ring (bicyclic) bond motifs is 1. The Labute approximate surface area is 150 Å². The summed E-state index contributed by atoms with van der Waals surface area (Å²) in [5, 5.41) is 2.58. The maximum Gasteiger partial charge on any atom is 0.320 e. The molecule has 2 rings (SSSR count). The van der Waals surface area contributed by atoms with Gasteiger partial charge in [-0.05, 0) is 19.1 Å². The molecule has 0 bridgehead atoms. The Morgan fingerprint density at radius 1 is 1.38 bits per heavy atom. The molecule has 2 atom stereocenters. The SMILES string of the molecule is COCC(N)C(=O)NC(C)c1nc2ccccc2n1C(F)F.Cl.Cl. The van der Waals surface area contributed by atoms with E-state index >= 15 is 0 Å². The molecule has 1 aromatic carbocycles. The van der Waals surface area contributed by atoms with E-state index in [1.165, 1.54) is 7.11 Å². The van der Waals surface area contributed by atoms with Gasteiger partial charge < -0.3 is 15.8 Å². The van der Waals surface area contributed by atoms with Crippen molar-refractivity contribution in [3.05, 3.63) is 30.1 Å². The van der Waals surface area contributed by atoms with Crippen molar-refractivity contribution in [2.75, 3.05) is 13.7 Å². The number of methoxy groups -OCH3 is 1. The van der Waals surface area contributed by atoms with Crippen LogP contribution in [-0.4, -0.2) is 35.2 Å². The van der Waals surface area contributed by atoms with E-state index in [9.17, 15) is 13.6 Å². The van der Waals surface area contributed by atoms with Crippen molar-refractivity contribution in [2.45, 2.75) is 25.6 Å². The summed E-state index contributed by atoms with van der Waals surface area (Å²) in [6.45, 7) is -1.13. The molecule has 1 heterocycles. The number of rotatable bonds is 6. The van der Waals surface area contributed by atoms with E-state index in [0.717, 1.165) is 4.57 Å². The van der Waals surface area contributed by atoms with Crippen LogP contribution in [0, 0.1) is 0 Å². The van der Waals surface area contributed by atoms with Gasteiger partial charge in [-0.1, -0.05) is 12.1 Å². The van der Waals surface area contributed by atoms with Gasteiger partial charge in [-0.25, -0.2) is 4.98 Å². The minimum atomic E-state index is -2.76. The van der Waals surface area contributed by atoms with E-state index in [2.05, 4.69) is 10.3 Å². The van der Waals surface area contributed by atoms with Crippen LogP contribution in [0.3, 0.4) is 0 Å². The maximum absolute atomic E-state index is 13.3. The van der Waals surface area contributed by atoms with Crippen molar-refractivity contribution >= 4 is 41.8 Å². The summed E-state index contributed by atoms with van der Waals surface area (Å²) in [7, 11) is 1.42. The van der Waals surface area contributed by atoms with Crippen molar-refractivity contribution in [3.8, 4) is 0 Å². The summed E-state index contributed by atoms with van der Waals surface area (Å²) in [5.41, 5.74) is 6.37. The second-order valence-electron chi connectivity index (χ2n) is 4.90. The number of imidazole rings is 1. The van der Waals surface area contributed by atoms with Gasteiger partial charge in [0.25, 0.3) is 0 Å². The number of benzene rings is 1. The molecule has 0 aliphatic carbocycles. The minimum Gasteiger partial charge on any atom is -0.383 e. The average molecular weight is 385 g/mol. The van der Waals surface area contributed by atoms with Crippen LogP contribution in [0.2, 0.25) is 0 Å². The van der Waals surface area contributed by atoms with Crippen LogP contribution in [0.25, 0.3) is 11.0 Å². The first-order valence-electron chi connectivity index (χ1n) is 6.75. The topological polar surface area (TPSA) is 82.2 Å². The highest BCUT2D eigenvalue weighted by molar-refractivity contribution is 5.85. The fourth-order valence-corrected chi connectivity index (χ4v) is 2.21. The summed E-state index contributed by atoms with van der Waals surface area (Å²) in [5.74, 6) is -0.406. The molecule has 0 fully saturated rings. The fourth-order valence-electron chi connectivity index (χ4n) is 2.21. The number of ether oxygens (including phenoxy) is 1. The third-order valence-electron chi connectivity index (χ3n) is 3.25. The molecule has 3 N–H and O–H groups in total. The number of nitrogens with zero attached hydrogens (tertiary/aromatic N) is 2. The number of halogens is 4. The van der Waals surface area contributed by atoms with E-state index in [0.29, 0.717) is 11.0 Å². The van der Waals surface area contributed by atoms with Gasteiger partial charge in [-0.15, -0.1) is 24.8 Å². The van der Waals surface area contributed by atoms with Crippen molar-refractivity contribution in [1.82, 2.24) is 14.9 Å². The Bertz CT molecular complexity index is 669. The highest BCUT2D eigenvalue weighted by Crippen LogP contribution is 2.26. The number of para-hydroxylation sites is 2. The van der Waals surface area contributed by atoms with E-state index in [-0.39, 0.29) is 37.2 Å². The number of carbonyl (C=O) groups is 1. The molecule has 0 aliphatic heterocycles. The van der Waals surface area contributed by atoms with E-state index in [1.807, 2.05) is 0 Å². The zero-order valence-corrected chi connectivity index (χ0v) is 14.7. The van der Waals surface area contributed by atoms with E-state index in [4.69, 9.17) is 10.5 Å². The monoisotopic (exact) mass is 384 g/mol. The molecule has 136 valence electrons. The Morgan fingerprint density at radius 3 is 2.58 bits per heavy atom.